The van der Waals surface area contributed by atoms with Crippen molar-refractivity contribution in [1.29, 1.82) is 0 Å². The SMILES string of the molecule is Cc1noc2nc(CCC(=O)NC3CCCCCC3)nc(N3CCC(C)CC3)c12. The van der Waals surface area contributed by atoms with Gasteiger partial charge in [-0.05, 0) is 38.5 Å². The van der Waals surface area contributed by atoms with Crippen LogP contribution in [0.4, 0.5) is 5.82 Å². The predicted octanol–water partition coefficient (Wildman–Crippen LogP) is 3.93. The maximum atomic E-state index is 12.5. The molecule has 0 spiro atoms. The van der Waals surface area contributed by atoms with Gasteiger partial charge in [0.2, 0.25) is 5.91 Å². The summed E-state index contributed by atoms with van der Waals surface area (Å²) in [5.41, 5.74) is 1.36. The lowest BCUT2D eigenvalue weighted by atomic mass is 9.99. The topological polar surface area (TPSA) is 84.1 Å². The second-order valence-electron chi connectivity index (χ2n) is 8.84. The Kier molecular flexibility index (Phi) is 6.31. The monoisotopic (exact) mass is 399 g/mol. The molecule has 0 bridgehead atoms. The Hall–Kier alpha value is -2.18. The molecule has 1 saturated heterocycles. The smallest absolute Gasteiger partial charge is 0.263 e. The molecule has 1 amide bonds. The minimum Gasteiger partial charge on any atom is -0.356 e. The Labute approximate surface area is 172 Å². The minimum absolute atomic E-state index is 0.0997. The van der Waals surface area contributed by atoms with Crippen molar-refractivity contribution in [1.82, 2.24) is 20.4 Å². The van der Waals surface area contributed by atoms with Crippen LogP contribution in [0.15, 0.2) is 4.52 Å². The fraction of sp³-hybridized carbons (Fsp3) is 0.727. The Morgan fingerprint density at radius 2 is 1.83 bits per heavy atom. The van der Waals surface area contributed by atoms with Crippen LogP contribution in [0, 0.1) is 12.8 Å². The third-order valence-corrected chi connectivity index (χ3v) is 6.41. The molecule has 158 valence electrons. The van der Waals surface area contributed by atoms with Crippen molar-refractivity contribution in [3.8, 4) is 0 Å². The number of aromatic nitrogens is 3. The Morgan fingerprint density at radius 3 is 2.55 bits per heavy atom. The molecule has 0 radical (unpaired) electrons. The van der Waals surface area contributed by atoms with Crippen LogP contribution in [0.2, 0.25) is 0 Å². The van der Waals surface area contributed by atoms with Crippen molar-refractivity contribution in [2.45, 2.75) is 84.1 Å². The second-order valence-corrected chi connectivity index (χ2v) is 8.84. The number of piperidine rings is 1. The zero-order valence-electron chi connectivity index (χ0n) is 17.7. The van der Waals surface area contributed by atoms with Gasteiger partial charge in [0.25, 0.3) is 5.71 Å². The van der Waals surface area contributed by atoms with Gasteiger partial charge < -0.3 is 14.7 Å². The van der Waals surface area contributed by atoms with E-state index in [-0.39, 0.29) is 5.91 Å². The van der Waals surface area contributed by atoms with Crippen LogP contribution >= 0.6 is 0 Å². The first-order valence-corrected chi connectivity index (χ1v) is 11.3. The lowest BCUT2D eigenvalue weighted by Gasteiger charge is -2.31. The molecule has 0 unspecified atom stereocenters. The molecule has 0 aromatic carbocycles. The number of anilines is 1. The van der Waals surface area contributed by atoms with Crippen molar-refractivity contribution in [3.05, 3.63) is 11.5 Å². The van der Waals surface area contributed by atoms with E-state index in [1.807, 2.05) is 6.92 Å². The Morgan fingerprint density at radius 1 is 1.10 bits per heavy atom. The van der Waals surface area contributed by atoms with Crippen LogP contribution in [-0.4, -0.2) is 40.2 Å². The summed E-state index contributed by atoms with van der Waals surface area (Å²) in [6.45, 7) is 6.21. The summed E-state index contributed by atoms with van der Waals surface area (Å²) >= 11 is 0. The summed E-state index contributed by atoms with van der Waals surface area (Å²) < 4.78 is 5.46. The van der Waals surface area contributed by atoms with Gasteiger partial charge >= 0.3 is 0 Å². The second kappa shape index (κ2) is 9.09. The van der Waals surface area contributed by atoms with Crippen molar-refractivity contribution in [3.63, 3.8) is 0 Å². The lowest BCUT2D eigenvalue weighted by Crippen LogP contribution is -2.35. The average Bonchev–Trinajstić information content (AvgIpc) is 2.91. The first-order valence-electron chi connectivity index (χ1n) is 11.3. The van der Waals surface area contributed by atoms with Gasteiger partial charge in [0, 0.05) is 32.0 Å². The molecule has 3 heterocycles. The van der Waals surface area contributed by atoms with E-state index in [1.54, 1.807) is 0 Å². The van der Waals surface area contributed by atoms with E-state index in [2.05, 4.69) is 27.3 Å². The molecule has 1 aliphatic carbocycles. The number of nitrogens with zero attached hydrogens (tertiary/aromatic N) is 4. The number of carbonyl (C=O) groups excluding carboxylic acids is 1. The third kappa shape index (κ3) is 4.87. The molecular weight excluding hydrogens is 366 g/mol. The van der Waals surface area contributed by atoms with E-state index in [0.717, 1.165) is 61.6 Å². The molecule has 2 aromatic rings. The number of aryl methyl sites for hydroxylation is 2. The molecule has 7 nitrogen and oxygen atoms in total. The molecule has 1 aliphatic heterocycles. The van der Waals surface area contributed by atoms with Crippen LogP contribution in [0.5, 0.6) is 0 Å². The van der Waals surface area contributed by atoms with Gasteiger partial charge in [-0.3, -0.25) is 4.79 Å². The number of hydrogen-bond acceptors (Lipinski definition) is 6. The number of nitrogens with one attached hydrogen (secondary N) is 1. The molecule has 2 fully saturated rings. The van der Waals surface area contributed by atoms with Gasteiger partial charge in [0.05, 0.1) is 5.69 Å². The summed E-state index contributed by atoms with van der Waals surface area (Å²) in [5, 5.41) is 8.23. The highest BCUT2D eigenvalue weighted by Gasteiger charge is 2.23. The maximum absolute atomic E-state index is 12.5. The standard InChI is InChI=1S/C22H33N5O2/c1-15-11-13-27(14-12-15)21-20-16(2)26-29-22(20)25-18(24-21)9-10-19(28)23-17-7-5-3-4-6-8-17/h15,17H,3-14H2,1-2H3,(H,23,28). The number of carbonyl (C=O) groups is 1. The lowest BCUT2D eigenvalue weighted by molar-refractivity contribution is -0.121. The molecule has 1 saturated carbocycles. The molecule has 2 aliphatic rings. The normalized spacial score (nSPS) is 19.4. The van der Waals surface area contributed by atoms with Crippen LogP contribution in [0.3, 0.4) is 0 Å². The summed E-state index contributed by atoms with van der Waals surface area (Å²) in [7, 11) is 0. The van der Waals surface area contributed by atoms with Gasteiger partial charge in [-0.2, -0.15) is 4.98 Å². The first-order chi connectivity index (χ1) is 14.1. The van der Waals surface area contributed by atoms with E-state index < -0.39 is 0 Å². The van der Waals surface area contributed by atoms with Crippen molar-refractivity contribution < 1.29 is 9.32 Å². The molecular formula is C22H33N5O2. The molecule has 4 rings (SSSR count). The molecule has 7 heteroatoms. The molecule has 29 heavy (non-hydrogen) atoms. The number of amides is 1. The van der Waals surface area contributed by atoms with Gasteiger partial charge in [-0.15, -0.1) is 0 Å². The van der Waals surface area contributed by atoms with Gasteiger partial charge in [-0.1, -0.05) is 37.8 Å². The fourth-order valence-electron chi connectivity index (χ4n) is 4.52. The van der Waals surface area contributed by atoms with Crippen LogP contribution in [0.1, 0.15) is 76.2 Å². The third-order valence-electron chi connectivity index (χ3n) is 6.41. The van der Waals surface area contributed by atoms with Crippen molar-refractivity contribution in [2.24, 2.45) is 5.92 Å². The number of hydrogen-bond donors (Lipinski definition) is 1. The molecule has 1 N–H and O–H groups in total. The van der Waals surface area contributed by atoms with E-state index in [4.69, 9.17) is 9.51 Å². The van der Waals surface area contributed by atoms with E-state index in [1.165, 1.54) is 25.7 Å². The van der Waals surface area contributed by atoms with Crippen molar-refractivity contribution in [2.75, 3.05) is 18.0 Å². The quantitative estimate of drug-likeness (QED) is 0.767. The first kappa shape index (κ1) is 20.1. The Bertz CT molecular complexity index is 833. The predicted molar refractivity (Wildman–Crippen MR) is 113 cm³/mol. The summed E-state index contributed by atoms with van der Waals surface area (Å²) in [6.07, 6.45) is 10.5. The van der Waals surface area contributed by atoms with Gasteiger partial charge in [0.1, 0.15) is 17.0 Å². The summed E-state index contributed by atoms with van der Waals surface area (Å²) in [5.74, 6) is 2.43. The van der Waals surface area contributed by atoms with Crippen molar-refractivity contribution >= 4 is 22.8 Å². The largest absolute Gasteiger partial charge is 0.356 e. The summed E-state index contributed by atoms with van der Waals surface area (Å²) in [6, 6.07) is 0.330. The number of rotatable bonds is 5. The number of fused-ring (bicyclic) bond motifs is 1. The maximum Gasteiger partial charge on any atom is 0.263 e. The van der Waals surface area contributed by atoms with Crippen LogP contribution < -0.4 is 10.2 Å². The zero-order chi connectivity index (χ0) is 20.2. The van der Waals surface area contributed by atoms with Crippen LogP contribution in [0.25, 0.3) is 11.1 Å². The molecule has 0 atom stereocenters. The highest BCUT2D eigenvalue weighted by Crippen LogP contribution is 2.30. The van der Waals surface area contributed by atoms with Gasteiger partial charge in [0.15, 0.2) is 0 Å². The van der Waals surface area contributed by atoms with E-state index in [0.29, 0.717) is 30.4 Å². The highest BCUT2D eigenvalue weighted by atomic mass is 16.5. The highest BCUT2D eigenvalue weighted by molar-refractivity contribution is 5.88. The summed E-state index contributed by atoms with van der Waals surface area (Å²) in [4.78, 5) is 24.2. The minimum atomic E-state index is 0.0997. The fourth-order valence-corrected chi connectivity index (χ4v) is 4.52. The van der Waals surface area contributed by atoms with E-state index >= 15 is 0 Å². The van der Waals surface area contributed by atoms with Crippen LogP contribution in [-0.2, 0) is 11.2 Å². The van der Waals surface area contributed by atoms with Gasteiger partial charge in [-0.25, -0.2) is 4.98 Å². The average molecular weight is 400 g/mol. The Balaban J connectivity index is 1.45. The molecule has 2 aromatic heterocycles. The zero-order valence-corrected chi connectivity index (χ0v) is 17.7. The van der Waals surface area contributed by atoms with E-state index in [9.17, 15) is 4.79 Å².